The molecule has 1 unspecified atom stereocenters. The maximum absolute atomic E-state index is 4.68. The first kappa shape index (κ1) is 13.1. The van der Waals surface area contributed by atoms with E-state index in [0.29, 0.717) is 5.92 Å². The summed E-state index contributed by atoms with van der Waals surface area (Å²) in [7, 11) is 2.01. The zero-order valence-electron chi connectivity index (χ0n) is 11.4. The lowest BCUT2D eigenvalue weighted by molar-refractivity contribution is 0.546. The van der Waals surface area contributed by atoms with Crippen molar-refractivity contribution in [2.75, 3.05) is 0 Å². The Hall–Kier alpha value is -1.39. The number of aromatic nitrogens is 4. The molecule has 0 aliphatic carbocycles. The van der Waals surface area contributed by atoms with Crippen LogP contribution in [0.4, 0.5) is 0 Å². The molecule has 0 amide bonds. The van der Waals surface area contributed by atoms with Crippen molar-refractivity contribution < 1.29 is 0 Å². The van der Waals surface area contributed by atoms with Crippen LogP contribution in [0.15, 0.2) is 6.33 Å². The molecule has 0 saturated carbocycles. The van der Waals surface area contributed by atoms with Crippen molar-refractivity contribution in [2.45, 2.75) is 52.3 Å². The summed E-state index contributed by atoms with van der Waals surface area (Å²) in [4.78, 5) is 16.6. The Morgan fingerprint density at radius 1 is 1.33 bits per heavy atom. The quantitative estimate of drug-likeness (QED) is 0.792. The molecule has 0 spiro atoms. The van der Waals surface area contributed by atoms with Gasteiger partial charge in [0.05, 0.1) is 11.8 Å². The standard InChI is InChI=1S/C13H20BN4/c1-4-6-7-9(5-2)12-17-11(14-3)10-13(18-12)16-8-15-10/h8-9H,4-7H2,1-3H3,(H,15,16,17,18). The summed E-state index contributed by atoms with van der Waals surface area (Å²) in [6, 6.07) is 0. The van der Waals surface area contributed by atoms with E-state index < -0.39 is 0 Å². The molecule has 1 atom stereocenters. The lowest BCUT2D eigenvalue weighted by Gasteiger charge is -2.13. The summed E-state index contributed by atoms with van der Waals surface area (Å²) >= 11 is 0. The number of imidazole rings is 1. The highest BCUT2D eigenvalue weighted by molar-refractivity contribution is 6.54. The zero-order chi connectivity index (χ0) is 13.0. The Labute approximate surface area is 109 Å². The topological polar surface area (TPSA) is 54.5 Å². The molecule has 1 radical (unpaired) electrons. The van der Waals surface area contributed by atoms with Crippen LogP contribution in [0, 0.1) is 0 Å². The maximum Gasteiger partial charge on any atom is 0.180 e. The fourth-order valence-corrected chi connectivity index (χ4v) is 2.23. The van der Waals surface area contributed by atoms with E-state index in [4.69, 9.17) is 0 Å². The van der Waals surface area contributed by atoms with E-state index in [-0.39, 0.29) is 0 Å². The molecular formula is C13H20BN4. The zero-order valence-corrected chi connectivity index (χ0v) is 11.4. The molecule has 0 fully saturated rings. The fraction of sp³-hybridized carbons (Fsp3) is 0.615. The second-order valence-corrected chi connectivity index (χ2v) is 4.60. The molecule has 0 aliphatic heterocycles. The van der Waals surface area contributed by atoms with Gasteiger partial charge in [-0.25, -0.2) is 15.0 Å². The molecule has 2 heterocycles. The van der Waals surface area contributed by atoms with Crippen LogP contribution in [-0.4, -0.2) is 27.2 Å². The number of nitrogens with zero attached hydrogens (tertiary/aromatic N) is 3. The van der Waals surface area contributed by atoms with Gasteiger partial charge in [-0.1, -0.05) is 33.5 Å². The summed E-state index contributed by atoms with van der Waals surface area (Å²) in [6.07, 6.45) is 6.37. The first-order valence-corrected chi connectivity index (χ1v) is 6.80. The normalized spacial score (nSPS) is 12.8. The molecular weight excluding hydrogens is 223 g/mol. The second kappa shape index (κ2) is 5.98. The highest BCUT2D eigenvalue weighted by Crippen LogP contribution is 2.22. The minimum absolute atomic E-state index is 0.449. The molecule has 1 N–H and O–H groups in total. The van der Waals surface area contributed by atoms with Gasteiger partial charge in [-0.2, -0.15) is 0 Å². The number of nitrogens with one attached hydrogen (secondary N) is 1. The number of aromatic amines is 1. The highest BCUT2D eigenvalue weighted by atomic mass is 15.0. The molecule has 4 nitrogen and oxygen atoms in total. The first-order chi connectivity index (χ1) is 8.80. The van der Waals surface area contributed by atoms with E-state index in [0.717, 1.165) is 35.4 Å². The van der Waals surface area contributed by atoms with Gasteiger partial charge in [0.25, 0.3) is 0 Å². The number of H-pyrrole nitrogens is 1. The molecule has 0 aliphatic rings. The van der Waals surface area contributed by atoms with Gasteiger partial charge >= 0.3 is 0 Å². The van der Waals surface area contributed by atoms with Crippen molar-refractivity contribution in [3.8, 4) is 0 Å². The predicted octanol–water partition coefficient (Wildman–Crippen LogP) is 2.41. The third-order valence-electron chi connectivity index (χ3n) is 3.37. The molecule has 2 aromatic rings. The van der Waals surface area contributed by atoms with Crippen LogP contribution in [0.25, 0.3) is 11.2 Å². The van der Waals surface area contributed by atoms with E-state index in [1.54, 1.807) is 6.33 Å². The smallest absolute Gasteiger partial charge is 0.180 e. The molecule has 5 heteroatoms. The maximum atomic E-state index is 4.68. The van der Waals surface area contributed by atoms with Crippen LogP contribution >= 0.6 is 0 Å². The number of hydrogen-bond acceptors (Lipinski definition) is 3. The van der Waals surface area contributed by atoms with Crippen molar-refractivity contribution in [1.82, 2.24) is 19.9 Å². The molecule has 2 rings (SSSR count). The van der Waals surface area contributed by atoms with Gasteiger partial charge in [-0.15, -0.1) is 0 Å². The molecule has 0 saturated heterocycles. The molecule has 95 valence electrons. The largest absolute Gasteiger partial charge is 0.342 e. The van der Waals surface area contributed by atoms with E-state index in [9.17, 15) is 0 Å². The van der Waals surface area contributed by atoms with Gasteiger partial charge < -0.3 is 4.98 Å². The van der Waals surface area contributed by atoms with Gasteiger partial charge in [-0.05, 0) is 12.8 Å². The Morgan fingerprint density at radius 3 is 2.83 bits per heavy atom. The van der Waals surface area contributed by atoms with Crippen LogP contribution in [0.2, 0.25) is 6.82 Å². The summed E-state index contributed by atoms with van der Waals surface area (Å²) in [5.74, 6) is 1.39. The van der Waals surface area contributed by atoms with Gasteiger partial charge in [0, 0.05) is 11.5 Å². The van der Waals surface area contributed by atoms with Crippen molar-refractivity contribution in [1.29, 1.82) is 0 Å². The molecule has 18 heavy (non-hydrogen) atoms. The monoisotopic (exact) mass is 243 g/mol. The Morgan fingerprint density at radius 2 is 2.17 bits per heavy atom. The Balaban J connectivity index is 2.36. The predicted molar refractivity (Wildman–Crippen MR) is 75.5 cm³/mol. The SMILES string of the molecule is C[B]c1nc(C(CC)CCCC)nc2nc[nH]c12. The number of rotatable bonds is 6. The third kappa shape index (κ3) is 2.55. The molecule has 2 aromatic heterocycles. The highest BCUT2D eigenvalue weighted by Gasteiger charge is 2.16. The summed E-state index contributed by atoms with van der Waals surface area (Å²) in [5, 5.41) is 0. The summed E-state index contributed by atoms with van der Waals surface area (Å²) < 4.78 is 0. The lowest BCUT2D eigenvalue weighted by atomic mass is 9.77. The van der Waals surface area contributed by atoms with E-state index >= 15 is 0 Å². The van der Waals surface area contributed by atoms with Crippen LogP contribution in [0.5, 0.6) is 0 Å². The molecule has 0 aromatic carbocycles. The van der Waals surface area contributed by atoms with Crippen molar-refractivity contribution in [3.63, 3.8) is 0 Å². The summed E-state index contributed by atoms with van der Waals surface area (Å²) in [6.45, 7) is 6.42. The number of hydrogen-bond donors (Lipinski definition) is 1. The number of unbranched alkanes of at least 4 members (excludes halogenated alkanes) is 1. The van der Waals surface area contributed by atoms with Crippen LogP contribution in [0.3, 0.4) is 0 Å². The second-order valence-electron chi connectivity index (χ2n) is 4.60. The van der Waals surface area contributed by atoms with Crippen LogP contribution in [-0.2, 0) is 0 Å². The lowest BCUT2D eigenvalue weighted by Crippen LogP contribution is -2.21. The average molecular weight is 243 g/mol. The molecule has 0 bridgehead atoms. The van der Waals surface area contributed by atoms with E-state index in [2.05, 4.69) is 33.8 Å². The van der Waals surface area contributed by atoms with Crippen LogP contribution in [0.1, 0.15) is 51.3 Å². The minimum Gasteiger partial charge on any atom is -0.342 e. The fourth-order valence-electron chi connectivity index (χ4n) is 2.23. The van der Waals surface area contributed by atoms with Gasteiger partial charge in [-0.3, -0.25) is 0 Å². The van der Waals surface area contributed by atoms with Crippen LogP contribution < -0.4 is 5.59 Å². The minimum atomic E-state index is 0.449. The van der Waals surface area contributed by atoms with E-state index in [1.165, 1.54) is 12.8 Å². The summed E-state index contributed by atoms with van der Waals surface area (Å²) in [5.41, 5.74) is 2.68. The van der Waals surface area contributed by atoms with Crippen molar-refractivity contribution >= 4 is 24.0 Å². The van der Waals surface area contributed by atoms with Gasteiger partial charge in [0.2, 0.25) is 0 Å². The number of fused-ring (bicyclic) bond motifs is 1. The first-order valence-electron chi connectivity index (χ1n) is 6.80. The van der Waals surface area contributed by atoms with Crippen molar-refractivity contribution in [2.24, 2.45) is 0 Å². The van der Waals surface area contributed by atoms with E-state index in [1.807, 2.05) is 14.1 Å². The average Bonchev–Trinajstić information content (AvgIpc) is 2.87. The van der Waals surface area contributed by atoms with Crippen molar-refractivity contribution in [3.05, 3.63) is 12.2 Å². The van der Waals surface area contributed by atoms with Gasteiger partial charge in [0.1, 0.15) is 5.82 Å². The van der Waals surface area contributed by atoms with Gasteiger partial charge in [0.15, 0.2) is 12.9 Å². The Kier molecular flexibility index (Phi) is 4.34. The Bertz CT molecular complexity index is 509. The third-order valence-corrected chi connectivity index (χ3v) is 3.37.